The average Bonchev–Trinajstić information content (AvgIpc) is 2.59. The maximum absolute atomic E-state index is 5.49. The number of ether oxygens (including phenoxy) is 3. The van der Waals surface area contributed by atoms with Gasteiger partial charge in [-0.2, -0.15) is 0 Å². The first kappa shape index (κ1) is 17.9. The summed E-state index contributed by atoms with van der Waals surface area (Å²) in [6, 6.07) is 10.0. The Balaban J connectivity index is 2.49. The summed E-state index contributed by atoms with van der Waals surface area (Å²) in [6.45, 7) is 4.25. The van der Waals surface area contributed by atoms with Crippen molar-refractivity contribution in [3.8, 4) is 17.2 Å². The second-order valence-electron chi connectivity index (χ2n) is 4.74. The first-order chi connectivity index (χ1) is 11.0. The first-order valence-corrected chi connectivity index (χ1v) is 10.2. The van der Waals surface area contributed by atoms with Crippen LogP contribution in [0.25, 0.3) is 5.57 Å². The van der Waals surface area contributed by atoms with Crippen molar-refractivity contribution in [3.05, 3.63) is 52.5 Å². The van der Waals surface area contributed by atoms with Crippen LogP contribution >= 0.6 is 15.9 Å². The van der Waals surface area contributed by atoms with Crippen LogP contribution in [0, 0.1) is 0 Å². The van der Waals surface area contributed by atoms with Crippen LogP contribution in [0.4, 0.5) is 0 Å². The third-order valence-electron chi connectivity index (χ3n) is 3.51. The van der Waals surface area contributed by atoms with Gasteiger partial charge in [0, 0.05) is 0 Å². The molecule has 0 saturated carbocycles. The van der Waals surface area contributed by atoms with E-state index < -0.39 is 0 Å². The van der Waals surface area contributed by atoms with Crippen molar-refractivity contribution >= 4 is 40.9 Å². The minimum atomic E-state index is 0.287. The van der Waals surface area contributed by atoms with E-state index in [1.807, 2.05) is 24.3 Å². The molecule has 0 amide bonds. The average molecular weight is 442 g/mol. The molecule has 5 heteroatoms. The van der Waals surface area contributed by atoms with Crippen LogP contribution < -0.4 is 18.7 Å². The minimum absolute atomic E-state index is 0.287. The molecule has 0 radical (unpaired) electrons. The van der Waals surface area contributed by atoms with Crippen molar-refractivity contribution in [2.24, 2.45) is 0 Å². The number of benzene rings is 2. The van der Waals surface area contributed by atoms with Crippen LogP contribution in [0.1, 0.15) is 11.1 Å². The molecule has 122 valence electrons. The molecule has 0 spiro atoms. The van der Waals surface area contributed by atoms with Gasteiger partial charge < -0.3 is 0 Å². The molecule has 0 aliphatic rings. The Kier molecular flexibility index (Phi) is 6.17. The number of rotatable bonds is 6. The molecule has 2 rings (SSSR count). The zero-order chi connectivity index (χ0) is 17.0. The van der Waals surface area contributed by atoms with Crippen LogP contribution in [-0.4, -0.2) is 36.3 Å². The summed E-state index contributed by atoms with van der Waals surface area (Å²) in [7, 11) is 4.97. The van der Waals surface area contributed by atoms with E-state index in [2.05, 4.69) is 34.4 Å². The van der Waals surface area contributed by atoms with E-state index in [4.69, 9.17) is 14.2 Å². The quantitative estimate of drug-likeness (QED) is 0.636. The number of hydrogen-bond acceptors (Lipinski definition) is 3. The third-order valence-corrected chi connectivity index (χ3v) is 5.69. The summed E-state index contributed by atoms with van der Waals surface area (Å²) in [5.74, 6) is 4.49. The van der Waals surface area contributed by atoms with Crippen molar-refractivity contribution in [1.82, 2.24) is 0 Å². The molecule has 0 aliphatic heterocycles. The Labute approximate surface area is 151 Å². The molecule has 23 heavy (non-hydrogen) atoms. The summed E-state index contributed by atoms with van der Waals surface area (Å²) in [5, 5.41) is 0. The summed E-state index contributed by atoms with van der Waals surface area (Å²) < 4.78 is 18.3. The first-order valence-electron chi connectivity index (χ1n) is 6.88. The van der Waals surface area contributed by atoms with Gasteiger partial charge in [-0.05, 0) is 0 Å². The molecule has 0 saturated heterocycles. The van der Waals surface area contributed by atoms with Crippen molar-refractivity contribution < 1.29 is 14.2 Å². The Morgan fingerprint density at radius 1 is 0.957 bits per heavy atom. The predicted octanol–water partition coefficient (Wildman–Crippen LogP) is 3.91. The zero-order valence-corrected chi connectivity index (χ0v) is 16.9. The summed E-state index contributed by atoms with van der Waals surface area (Å²) in [6.07, 6.45) is 0. The second kappa shape index (κ2) is 7.91. The Hall–Kier alpha value is -1.42. The van der Waals surface area contributed by atoms with Crippen LogP contribution in [0.15, 0.2) is 41.4 Å². The molecule has 0 N–H and O–H groups in total. The molecule has 2 aromatic carbocycles. The van der Waals surface area contributed by atoms with Gasteiger partial charge in [0.25, 0.3) is 0 Å². The number of methoxy groups -OCH3 is 3. The van der Waals surface area contributed by atoms with Gasteiger partial charge in [-0.15, -0.1) is 0 Å². The summed E-state index contributed by atoms with van der Waals surface area (Å²) >= 11 is 3.81. The van der Waals surface area contributed by atoms with E-state index >= 15 is 0 Å². The van der Waals surface area contributed by atoms with Crippen molar-refractivity contribution in [2.75, 3.05) is 21.3 Å². The molecule has 3 nitrogen and oxygen atoms in total. The van der Waals surface area contributed by atoms with Crippen LogP contribution in [0.5, 0.6) is 17.2 Å². The maximum atomic E-state index is 5.49. The molecule has 2 aromatic rings. The standard InChI is InChI=1S/C18H19BrO3Se/c1-11(12-6-7-15(20-2)14(19)8-12)13-9-16(21-3)18(22-4)17(10-13)23-5/h6-10H,1H2,2-5H3. The molecule has 0 atom stereocenters. The third kappa shape index (κ3) is 3.74. The van der Waals surface area contributed by atoms with Crippen molar-refractivity contribution in [1.29, 1.82) is 0 Å². The van der Waals surface area contributed by atoms with Gasteiger partial charge >= 0.3 is 152 Å². The van der Waals surface area contributed by atoms with Crippen LogP contribution in [-0.2, 0) is 0 Å². The molecule has 0 aromatic heterocycles. The van der Waals surface area contributed by atoms with Gasteiger partial charge in [-0.3, -0.25) is 0 Å². The molecule has 0 heterocycles. The van der Waals surface area contributed by atoms with E-state index in [9.17, 15) is 0 Å². The van der Waals surface area contributed by atoms with Crippen LogP contribution in [0.2, 0.25) is 5.82 Å². The van der Waals surface area contributed by atoms with Gasteiger partial charge in [0.05, 0.1) is 0 Å². The van der Waals surface area contributed by atoms with Gasteiger partial charge in [0.2, 0.25) is 0 Å². The van der Waals surface area contributed by atoms with Crippen LogP contribution in [0.3, 0.4) is 0 Å². The molecule has 0 bridgehead atoms. The van der Waals surface area contributed by atoms with E-state index in [0.29, 0.717) is 0 Å². The molecule has 0 aliphatic carbocycles. The summed E-state index contributed by atoms with van der Waals surface area (Å²) in [5.41, 5.74) is 2.98. The number of halogens is 1. The SMILES string of the molecule is C=C(c1ccc(OC)c(Br)c1)c1cc(OC)c(OC)c([Se]C)c1. The topological polar surface area (TPSA) is 27.7 Å². The fourth-order valence-electron chi connectivity index (χ4n) is 2.28. The molecular weight excluding hydrogens is 423 g/mol. The van der Waals surface area contributed by atoms with E-state index in [-0.39, 0.29) is 15.0 Å². The Bertz CT molecular complexity index is 703. The van der Waals surface area contributed by atoms with E-state index in [1.54, 1.807) is 21.3 Å². The van der Waals surface area contributed by atoms with E-state index in [0.717, 1.165) is 42.9 Å². The molecule has 0 fully saturated rings. The van der Waals surface area contributed by atoms with Gasteiger partial charge in [-0.25, -0.2) is 0 Å². The van der Waals surface area contributed by atoms with E-state index in [1.165, 1.54) is 0 Å². The Morgan fingerprint density at radius 3 is 2.17 bits per heavy atom. The number of hydrogen-bond donors (Lipinski definition) is 0. The zero-order valence-electron chi connectivity index (χ0n) is 13.6. The van der Waals surface area contributed by atoms with Gasteiger partial charge in [0.15, 0.2) is 0 Å². The fourth-order valence-corrected chi connectivity index (χ4v) is 4.11. The van der Waals surface area contributed by atoms with Gasteiger partial charge in [0.1, 0.15) is 0 Å². The van der Waals surface area contributed by atoms with Gasteiger partial charge in [-0.1, -0.05) is 0 Å². The Morgan fingerprint density at radius 2 is 1.65 bits per heavy atom. The second-order valence-corrected chi connectivity index (χ2v) is 7.38. The molecule has 0 unspecified atom stereocenters. The fraction of sp³-hybridized carbons (Fsp3) is 0.222. The monoisotopic (exact) mass is 442 g/mol. The molecular formula is C18H19BrO3Se. The predicted molar refractivity (Wildman–Crippen MR) is 99.6 cm³/mol. The normalized spacial score (nSPS) is 10.3. The van der Waals surface area contributed by atoms with Crippen molar-refractivity contribution in [3.63, 3.8) is 0 Å². The summed E-state index contributed by atoms with van der Waals surface area (Å²) in [4.78, 5) is 0. The van der Waals surface area contributed by atoms with Crippen molar-refractivity contribution in [2.45, 2.75) is 5.82 Å².